The highest BCUT2D eigenvalue weighted by atomic mass is 79.9. The molecule has 0 saturated heterocycles. The molecule has 0 spiro atoms. The van der Waals surface area contributed by atoms with Gasteiger partial charge in [0.1, 0.15) is 5.82 Å². The molecule has 0 radical (unpaired) electrons. The van der Waals surface area contributed by atoms with E-state index >= 15 is 0 Å². The quantitative estimate of drug-likeness (QED) is 0.811. The summed E-state index contributed by atoms with van der Waals surface area (Å²) < 4.78 is 18.6. The van der Waals surface area contributed by atoms with Crippen molar-refractivity contribution in [3.8, 4) is 0 Å². The van der Waals surface area contributed by atoms with Crippen molar-refractivity contribution in [2.45, 2.75) is 0 Å². The maximum absolute atomic E-state index is 13.5. The average molecular weight is 273 g/mol. The van der Waals surface area contributed by atoms with Gasteiger partial charge in [0.15, 0.2) is 5.69 Å². The van der Waals surface area contributed by atoms with Crippen molar-refractivity contribution >= 4 is 32.8 Å². The Morgan fingerprint density at radius 3 is 3.00 bits per heavy atom. The van der Waals surface area contributed by atoms with Gasteiger partial charge in [0.25, 0.3) is 0 Å². The Labute approximate surface area is 92.5 Å². The van der Waals surface area contributed by atoms with E-state index in [-0.39, 0.29) is 11.1 Å². The van der Waals surface area contributed by atoms with E-state index in [1.54, 1.807) is 6.07 Å². The first-order valence-electron chi connectivity index (χ1n) is 4.05. The van der Waals surface area contributed by atoms with Crippen LogP contribution in [0.5, 0.6) is 0 Å². The Morgan fingerprint density at radius 1 is 1.60 bits per heavy atom. The molecule has 0 amide bonds. The molecule has 0 saturated carbocycles. The van der Waals surface area contributed by atoms with E-state index in [1.807, 2.05) is 0 Å². The molecule has 0 aliphatic heterocycles. The number of ether oxygens (including phenoxy) is 1. The van der Waals surface area contributed by atoms with E-state index in [2.05, 4.69) is 30.9 Å². The second kappa shape index (κ2) is 3.62. The van der Waals surface area contributed by atoms with E-state index < -0.39 is 11.8 Å². The van der Waals surface area contributed by atoms with Crippen LogP contribution in [0.25, 0.3) is 10.9 Å². The average Bonchev–Trinajstić information content (AvgIpc) is 2.60. The fourth-order valence-electron chi connectivity index (χ4n) is 1.32. The van der Waals surface area contributed by atoms with Crippen molar-refractivity contribution in [1.29, 1.82) is 0 Å². The number of H-pyrrole nitrogens is 1. The summed E-state index contributed by atoms with van der Waals surface area (Å²) in [6.07, 6.45) is 0. The number of carbonyl (C=O) groups excluding carboxylic acids is 1. The summed E-state index contributed by atoms with van der Waals surface area (Å²) in [5.41, 5.74) is 0.403. The zero-order valence-electron chi connectivity index (χ0n) is 7.67. The number of aromatic nitrogens is 2. The Kier molecular flexibility index (Phi) is 2.44. The van der Waals surface area contributed by atoms with Crippen LogP contribution >= 0.6 is 15.9 Å². The Hall–Kier alpha value is -1.43. The van der Waals surface area contributed by atoms with Gasteiger partial charge in [-0.2, -0.15) is 5.10 Å². The topological polar surface area (TPSA) is 55.0 Å². The van der Waals surface area contributed by atoms with Crippen LogP contribution in [0.4, 0.5) is 4.39 Å². The lowest BCUT2D eigenvalue weighted by Crippen LogP contribution is -2.02. The summed E-state index contributed by atoms with van der Waals surface area (Å²) in [5.74, 6) is -1.18. The van der Waals surface area contributed by atoms with Crippen LogP contribution in [0, 0.1) is 5.82 Å². The number of fused-ring (bicyclic) bond motifs is 1. The lowest BCUT2D eigenvalue weighted by atomic mass is 10.2. The van der Waals surface area contributed by atoms with Gasteiger partial charge >= 0.3 is 5.97 Å². The molecule has 1 N–H and O–H groups in total. The van der Waals surface area contributed by atoms with Crippen LogP contribution in [0.2, 0.25) is 0 Å². The van der Waals surface area contributed by atoms with Crippen molar-refractivity contribution < 1.29 is 13.9 Å². The first-order chi connectivity index (χ1) is 7.13. The van der Waals surface area contributed by atoms with Crippen molar-refractivity contribution in [3.63, 3.8) is 0 Å². The smallest absolute Gasteiger partial charge is 0.359 e. The first-order valence-corrected chi connectivity index (χ1v) is 4.84. The highest BCUT2D eigenvalue weighted by molar-refractivity contribution is 9.10. The van der Waals surface area contributed by atoms with Gasteiger partial charge < -0.3 is 4.74 Å². The maximum Gasteiger partial charge on any atom is 0.359 e. The molecular formula is C9H6BrFN2O2. The predicted molar refractivity (Wildman–Crippen MR) is 55.1 cm³/mol. The number of esters is 1. The van der Waals surface area contributed by atoms with Gasteiger partial charge in [0, 0.05) is 4.47 Å². The molecule has 1 aromatic carbocycles. The van der Waals surface area contributed by atoms with Gasteiger partial charge in [-0.15, -0.1) is 0 Å². The molecule has 15 heavy (non-hydrogen) atoms. The van der Waals surface area contributed by atoms with E-state index in [0.717, 1.165) is 0 Å². The zero-order chi connectivity index (χ0) is 11.0. The number of carbonyl (C=O) groups is 1. The molecule has 0 bridgehead atoms. The Morgan fingerprint density at radius 2 is 2.33 bits per heavy atom. The normalized spacial score (nSPS) is 10.6. The molecule has 2 aromatic rings. The van der Waals surface area contributed by atoms with Gasteiger partial charge in [-0.05, 0) is 12.1 Å². The number of nitrogens with one attached hydrogen (secondary N) is 1. The maximum atomic E-state index is 13.5. The van der Waals surface area contributed by atoms with Crippen molar-refractivity contribution in [2.24, 2.45) is 0 Å². The number of hydrogen-bond acceptors (Lipinski definition) is 3. The van der Waals surface area contributed by atoms with E-state index in [0.29, 0.717) is 9.99 Å². The van der Waals surface area contributed by atoms with Gasteiger partial charge in [0.05, 0.1) is 18.0 Å². The third kappa shape index (κ3) is 1.61. The van der Waals surface area contributed by atoms with Gasteiger partial charge in [-0.3, -0.25) is 5.10 Å². The van der Waals surface area contributed by atoms with Crippen LogP contribution < -0.4 is 0 Å². The molecule has 0 aliphatic carbocycles. The summed E-state index contributed by atoms with van der Waals surface area (Å²) >= 11 is 3.14. The molecule has 0 atom stereocenters. The molecule has 1 heterocycles. The Balaban J connectivity index is 2.74. The highest BCUT2D eigenvalue weighted by Gasteiger charge is 2.18. The monoisotopic (exact) mass is 272 g/mol. The highest BCUT2D eigenvalue weighted by Crippen LogP contribution is 2.24. The summed E-state index contributed by atoms with van der Waals surface area (Å²) in [7, 11) is 1.22. The number of hydrogen-bond donors (Lipinski definition) is 1. The van der Waals surface area contributed by atoms with Crippen LogP contribution in [-0.2, 0) is 4.74 Å². The second-order valence-corrected chi connectivity index (χ2v) is 3.79. The predicted octanol–water partition coefficient (Wildman–Crippen LogP) is 2.25. The van der Waals surface area contributed by atoms with Crippen molar-refractivity contribution in [2.75, 3.05) is 7.11 Å². The summed E-state index contributed by atoms with van der Waals surface area (Å²) in [5, 5.41) is 6.42. The molecule has 2 rings (SSSR count). The molecule has 6 heteroatoms. The SMILES string of the molecule is COC(=O)c1n[nH]c2cc(Br)cc(F)c12. The van der Waals surface area contributed by atoms with Crippen LogP contribution in [0.1, 0.15) is 10.5 Å². The minimum Gasteiger partial charge on any atom is -0.464 e. The fraction of sp³-hybridized carbons (Fsp3) is 0.111. The van der Waals surface area contributed by atoms with Gasteiger partial charge in [0.2, 0.25) is 0 Å². The number of rotatable bonds is 1. The van der Waals surface area contributed by atoms with Gasteiger partial charge in [-0.1, -0.05) is 15.9 Å². The number of nitrogens with zero attached hydrogens (tertiary/aromatic N) is 1. The molecule has 1 aromatic heterocycles. The second-order valence-electron chi connectivity index (χ2n) is 2.87. The minimum absolute atomic E-state index is 0.0440. The van der Waals surface area contributed by atoms with E-state index in [1.165, 1.54) is 13.2 Å². The molecule has 0 fully saturated rings. The summed E-state index contributed by atoms with van der Waals surface area (Å²) in [4.78, 5) is 11.2. The van der Waals surface area contributed by atoms with Crippen molar-refractivity contribution in [1.82, 2.24) is 10.2 Å². The molecule has 0 unspecified atom stereocenters. The number of aromatic amines is 1. The van der Waals surface area contributed by atoms with Gasteiger partial charge in [-0.25, -0.2) is 9.18 Å². The third-order valence-corrected chi connectivity index (χ3v) is 2.42. The van der Waals surface area contributed by atoms with E-state index in [9.17, 15) is 9.18 Å². The zero-order valence-corrected chi connectivity index (χ0v) is 9.26. The standard InChI is InChI=1S/C9H6BrFN2O2/c1-15-9(14)8-7-5(11)2-4(10)3-6(7)12-13-8/h2-3H,1H3,(H,12,13). The van der Waals surface area contributed by atoms with Crippen molar-refractivity contribution in [3.05, 3.63) is 28.1 Å². The first kappa shape index (κ1) is 10.1. The molecule has 4 nitrogen and oxygen atoms in total. The third-order valence-electron chi connectivity index (χ3n) is 1.96. The Bertz CT molecular complexity index is 538. The number of methoxy groups -OCH3 is 1. The molecule has 78 valence electrons. The molecule has 0 aliphatic rings. The number of halogens is 2. The summed E-state index contributed by atoms with van der Waals surface area (Å²) in [6, 6.07) is 2.90. The van der Waals surface area contributed by atoms with Crippen LogP contribution in [0.15, 0.2) is 16.6 Å². The molecular weight excluding hydrogens is 267 g/mol. The lowest BCUT2D eigenvalue weighted by Gasteiger charge is -1.97. The summed E-state index contributed by atoms with van der Waals surface area (Å²) in [6.45, 7) is 0. The van der Waals surface area contributed by atoms with Crippen LogP contribution in [-0.4, -0.2) is 23.3 Å². The van der Waals surface area contributed by atoms with Crippen LogP contribution in [0.3, 0.4) is 0 Å². The minimum atomic E-state index is -0.664. The largest absolute Gasteiger partial charge is 0.464 e. The van der Waals surface area contributed by atoms with E-state index in [4.69, 9.17) is 0 Å². The fourth-order valence-corrected chi connectivity index (χ4v) is 1.75. The number of benzene rings is 1. The lowest BCUT2D eigenvalue weighted by molar-refractivity contribution is 0.0596.